The maximum atomic E-state index is 11.5. The smallest absolute Gasteiger partial charge is 0.250 e. The molecule has 4 nitrogen and oxygen atoms in total. The molecular weight excluding hydrogens is 192 g/mol. The van der Waals surface area contributed by atoms with Crippen molar-refractivity contribution in [2.24, 2.45) is 11.7 Å². The van der Waals surface area contributed by atoms with Gasteiger partial charge in [0.1, 0.15) is 6.10 Å². The largest absolute Gasteiger partial charge is 0.382 e. The third-order valence-electron chi connectivity index (χ3n) is 2.97. The Morgan fingerprint density at radius 3 is 2.67 bits per heavy atom. The van der Waals surface area contributed by atoms with Gasteiger partial charge < -0.3 is 16.2 Å². The lowest BCUT2D eigenvalue weighted by molar-refractivity contribution is -0.130. The van der Waals surface area contributed by atoms with E-state index >= 15 is 0 Å². The summed E-state index contributed by atoms with van der Waals surface area (Å²) in [5, 5.41) is 12.4. The van der Waals surface area contributed by atoms with Crippen LogP contribution >= 0.6 is 0 Å². The van der Waals surface area contributed by atoms with Crippen LogP contribution in [0.5, 0.6) is 0 Å². The number of amides is 1. The quantitative estimate of drug-likeness (QED) is 0.598. The first-order valence-corrected chi connectivity index (χ1v) is 5.78. The van der Waals surface area contributed by atoms with Gasteiger partial charge in [0.2, 0.25) is 0 Å². The highest BCUT2D eigenvalue weighted by Crippen LogP contribution is 2.19. The standard InChI is InChI=1S/C11H22N2O2/c1-3-7(2)6-9(12)10(14)11(15)13-8-4-5-8/h7-10,14H,3-6,12H2,1-2H3,(H,13,15)/t7?,9-,10?/m0/s1. The minimum absolute atomic E-state index is 0.281. The van der Waals surface area contributed by atoms with E-state index in [0.29, 0.717) is 12.3 Å². The number of rotatable bonds is 6. The molecule has 1 fully saturated rings. The van der Waals surface area contributed by atoms with Gasteiger partial charge in [0.25, 0.3) is 5.91 Å². The minimum Gasteiger partial charge on any atom is -0.382 e. The van der Waals surface area contributed by atoms with Gasteiger partial charge in [-0.25, -0.2) is 0 Å². The average Bonchev–Trinajstić information content (AvgIpc) is 2.99. The molecule has 2 unspecified atom stereocenters. The Labute approximate surface area is 91.2 Å². The number of hydrogen-bond acceptors (Lipinski definition) is 3. The average molecular weight is 214 g/mol. The molecule has 0 aromatic heterocycles. The number of aliphatic hydroxyl groups excluding tert-OH is 1. The van der Waals surface area contributed by atoms with E-state index in [1.165, 1.54) is 0 Å². The number of nitrogens with two attached hydrogens (primary N) is 1. The molecule has 0 aromatic rings. The molecule has 4 heteroatoms. The predicted octanol–water partition coefficient (Wildman–Crippen LogP) is 0.389. The van der Waals surface area contributed by atoms with Crippen LogP contribution in [0.1, 0.15) is 39.5 Å². The summed E-state index contributed by atoms with van der Waals surface area (Å²) in [7, 11) is 0. The molecule has 0 aromatic carbocycles. The Kier molecular flexibility index (Phi) is 4.54. The summed E-state index contributed by atoms with van der Waals surface area (Å²) < 4.78 is 0. The zero-order valence-electron chi connectivity index (χ0n) is 9.57. The van der Waals surface area contributed by atoms with Crippen LogP contribution < -0.4 is 11.1 Å². The topological polar surface area (TPSA) is 75.3 Å². The molecule has 0 bridgehead atoms. The molecule has 1 amide bonds. The molecule has 0 heterocycles. The fraction of sp³-hybridized carbons (Fsp3) is 0.909. The van der Waals surface area contributed by atoms with Crippen molar-refractivity contribution in [1.82, 2.24) is 5.32 Å². The van der Waals surface area contributed by atoms with Crippen molar-refractivity contribution < 1.29 is 9.90 Å². The highest BCUT2D eigenvalue weighted by molar-refractivity contribution is 5.81. The van der Waals surface area contributed by atoms with E-state index < -0.39 is 12.1 Å². The third-order valence-corrected chi connectivity index (χ3v) is 2.97. The van der Waals surface area contributed by atoms with Gasteiger partial charge in [-0.1, -0.05) is 20.3 Å². The highest BCUT2D eigenvalue weighted by atomic mass is 16.3. The number of aliphatic hydroxyl groups is 1. The Hall–Kier alpha value is -0.610. The molecule has 3 atom stereocenters. The molecule has 4 N–H and O–H groups in total. The van der Waals surface area contributed by atoms with E-state index in [2.05, 4.69) is 19.2 Å². The van der Waals surface area contributed by atoms with E-state index in [1.807, 2.05) is 0 Å². The number of carbonyl (C=O) groups excluding carboxylic acids is 1. The molecule has 0 spiro atoms. The van der Waals surface area contributed by atoms with Gasteiger partial charge in [-0.2, -0.15) is 0 Å². The van der Waals surface area contributed by atoms with Crippen LogP contribution in [0.3, 0.4) is 0 Å². The molecule has 1 rings (SSSR count). The summed E-state index contributed by atoms with van der Waals surface area (Å²) in [5.41, 5.74) is 5.78. The normalized spacial score (nSPS) is 21.9. The molecule has 88 valence electrons. The zero-order valence-corrected chi connectivity index (χ0v) is 9.57. The molecule has 1 saturated carbocycles. The predicted molar refractivity (Wildman–Crippen MR) is 59.2 cm³/mol. The van der Waals surface area contributed by atoms with Crippen molar-refractivity contribution in [1.29, 1.82) is 0 Å². The van der Waals surface area contributed by atoms with Gasteiger partial charge in [-0.3, -0.25) is 4.79 Å². The maximum absolute atomic E-state index is 11.5. The lowest BCUT2D eigenvalue weighted by atomic mass is 9.96. The second-order valence-corrected chi connectivity index (χ2v) is 4.64. The highest BCUT2D eigenvalue weighted by Gasteiger charge is 2.29. The van der Waals surface area contributed by atoms with Crippen molar-refractivity contribution >= 4 is 5.91 Å². The second kappa shape index (κ2) is 5.47. The fourth-order valence-electron chi connectivity index (χ4n) is 1.47. The van der Waals surface area contributed by atoms with Crippen LogP contribution in [0.2, 0.25) is 0 Å². The van der Waals surface area contributed by atoms with E-state index in [1.54, 1.807) is 0 Å². The van der Waals surface area contributed by atoms with E-state index in [9.17, 15) is 9.90 Å². The van der Waals surface area contributed by atoms with Crippen molar-refractivity contribution in [2.75, 3.05) is 0 Å². The molecular formula is C11H22N2O2. The maximum Gasteiger partial charge on any atom is 0.250 e. The summed E-state index contributed by atoms with van der Waals surface area (Å²) in [4.78, 5) is 11.5. The van der Waals surface area contributed by atoms with E-state index in [-0.39, 0.29) is 11.9 Å². The summed E-state index contributed by atoms with van der Waals surface area (Å²) in [5.74, 6) is 0.136. The Bertz CT molecular complexity index is 217. The van der Waals surface area contributed by atoms with Gasteiger partial charge >= 0.3 is 0 Å². The lowest BCUT2D eigenvalue weighted by Gasteiger charge is -2.20. The summed E-state index contributed by atoms with van der Waals surface area (Å²) in [6.45, 7) is 4.15. The fourth-order valence-corrected chi connectivity index (χ4v) is 1.47. The molecule has 1 aliphatic carbocycles. The summed E-state index contributed by atoms with van der Waals surface area (Å²) in [6.07, 6.45) is 2.71. The second-order valence-electron chi connectivity index (χ2n) is 4.64. The number of carbonyl (C=O) groups is 1. The minimum atomic E-state index is -1.06. The molecule has 15 heavy (non-hydrogen) atoms. The third kappa shape index (κ3) is 4.18. The van der Waals surface area contributed by atoms with Gasteiger partial charge in [0.15, 0.2) is 0 Å². The molecule has 0 aliphatic heterocycles. The van der Waals surface area contributed by atoms with Crippen LogP contribution in [-0.2, 0) is 4.79 Å². The van der Waals surface area contributed by atoms with Gasteiger partial charge in [-0.15, -0.1) is 0 Å². The van der Waals surface area contributed by atoms with E-state index in [0.717, 1.165) is 19.3 Å². The van der Waals surface area contributed by atoms with Crippen LogP contribution in [0, 0.1) is 5.92 Å². The first-order valence-electron chi connectivity index (χ1n) is 5.78. The van der Waals surface area contributed by atoms with Crippen molar-refractivity contribution in [3.8, 4) is 0 Å². The van der Waals surface area contributed by atoms with E-state index in [4.69, 9.17) is 5.73 Å². The molecule has 1 aliphatic rings. The molecule has 0 radical (unpaired) electrons. The van der Waals surface area contributed by atoms with Crippen LogP contribution in [0.15, 0.2) is 0 Å². The number of hydrogen-bond donors (Lipinski definition) is 3. The summed E-state index contributed by atoms with van der Waals surface area (Å²) >= 11 is 0. The van der Waals surface area contributed by atoms with Crippen molar-refractivity contribution in [2.45, 2.75) is 57.7 Å². The molecule has 0 saturated heterocycles. The van der Waals surface area contributed by atoms with Gasteiger partial charge in [0, 0.05) is 12.1 Å². The van der Waals surface area contributed by atoms with Crippen LogP contribution in [0.25, 0.3) is 0 Å². The first kappa shape index (κ1) is 12.5. The lowest BCUT2D eigenvalue weighted by Crippen LogP contribution is -2.47. The SMILES string of the molecule is CCC(C)C[C@H](N)C(O)C(=O)NC1CC1. The Morgan fingerprint density at radius 2 is 2.20 bits per heavy atom. The van der Waals surface area contributed by atoms with Crippen LogP contribution in [0.4, 0.5) is 0 Å². The van der Waals surface area contributed by atoms with Crippen molar-refractivity contribution in [3.05, 3.63) is 0 Å². The monoisotopic (exact) mass is 214 g/mol. The van der Waals surface area contributed by atoms with Gasteiger partial charge in [0.05, 0.1) is 0 Å². The Balaban J connectivity index is 2.29. The Morgan fingerprint density at radius 1 is 1.60 bits per heavy atom. The summed E-state index contributed by atoms with van der Waals surface area (Å²) in [6, 6.07) is -0.165. The van der Waals surface area contributed by atoms with Crippen LogP contribution in [-0.4, -0.2) is 29.2 Å². The first-order chi connectivity index (χ1) is 7.04. The zero-order chi connectivity index (χ0) is 11.4. The van der Waals surface area contributed by atoms with Crippen molar-refractivity contribution in [3.63, 3.8) is 0 Å². The number of nitrogens with one attached hydrogen (secondary N) is 1. The van der Waals surface area contributed by atoms with Gasteiger partial charge in [-0.05, 0) is 25.2 Å².